The highest BCUT2D eigenvalue weighted by Gasteiger charge is 2.29. The summed E-state index contributed by atoms with van der Waals surface area (Å²) >= 11 is 16.4. The van der Waals surface area contributed by atoms with Crippen molar-refractivity contribution in [1.82, 2.24) is 0 Å². The predicted molar refractivity (Wildman–Crippen MR) is 71.5 cm³/mol. The average Bonchev–Trinajstić information content (AvgIpc) is 2.25. The molecule has 5 heteroatoms. The van der Waals surface area contributed by atoms with Crippen LogP contribution in [-0.2, 0) is 9.53 Å². The zero-order chi connectivity index (χ0) is 13.1. The summed E-state index contributed by atoms with van der Waals surface area (Å²) in [4.78, 5) is 11.5. The van der Waals surface area contributed by atoms with Crippen LogP contribution in [-0.4, -0.2) is 16.7 Å². The molecule has 0 saturated carbocycles. The normalized spacial score (nSPS) is 12.4. The van der Waals surface area contributed by atoms with E-state index in [-0.39, 0.29) is 0 Å². The number of hydrogen-bond donors (Lipinski definition) is 0. The zero-order valence-electron chi connectivity index (χ0n) is 9.34. The largest absolute Gasteiger partial charge is 0.496 e. The van der Waals surface area contributed by atoms with Gasteiger partial charge in [0, 0.05) is 11.6 Å². The van der Waals surface area contributed by atoms with Crippen molar-refractivity contribution >= 4 is 46.3 Å². The summed E-state index contributed by atoms with van der Waals surface area (Å²) in [5.74, 6) is -0.277. The van der Waals surface area contributed by atoms with Gasteiger partial charge in [-0.05, 0) is 6.92 Å². The molecule has 92 valence electrons. The number of aryl methyl sites for hydroxylation is 1. The molecule has 0 heterocycles. The molecule has 0 aromatic heterocycles. The Morgan fingerprint density at radius 2 is 1.76 bits per heavy atom. The Labute approximate surface area is 115 Å². The Hall–Kier alpha value is -0.700. The van der Waals surface area contributed by atoms with Crippen LogP contribution in [0.3, 0.4) is 0 Å². The predicted octanol–water partition coefficient (Wildman–Crippen LogP) is 3.92. The molecule has 1 rings (SSSR count). The second kappa shape index (κ2) is 5.76. The van der Waals surface area contributed by atoms with Gasteiger partial charge >= 0.3 is 0 Å². The van der Waals surface area contributed by atoms with Crippen LogP contribution in [0.15, 0.2) is 30.3 Å². The minimum Gasteiger partial charge on any atom is -0.496 e. The lowest BCUT2D eigenvalue weighted by atomic mass is 10.1. The fraction of sp³-hybridized carbons (Fsp3) is 0.250. The van der Waals surface area contributed by atoms with Crippen LogP contribution in [0, 0.1) is 6.92 Å². The minimum atomic E-state index is -1.96. The first kappa shape index (κ1) is 14.4. The van der Waals surface area contributed by atoms with Gasteiger partial charge in [-0.15, -0.1) is 0 Å². The molecular weight excluding hydrogens is 282 g/mol. The maximum atomic E-state index is 11.5. The lowest BCUT2D eigenvalue weighted by Crippen LogP contribution is -2.16. The number of carbonyl (C=O) groups is 1. The van der Waals surface area contributed by atoms with Crippen LogP contribution in [0.2, 0.25) is 0 Å². The van der Waals surface area contributed by atoms with E-state index in [1.54, 1.807) is 0 Å². The first-order valence-corrected chi connectivity index (χ1v) is 5.92. The summed E-state index contributed by atoms with van der Waals surface area (Å²) < 4.78 is 3.14. The van der Waals surface area contributed by atoms with Gasteiger partial charge in [0.05, 0.1) is 7.11 Å². The van der Waals surface area contributed by atoms with Crippen LogP contribution in [0.25, 0.3) is 5.76 Å². The highest BCUT2D eigenvalue weighted by molar-refractivity contribution is 6.77. The van der Waals surface area contributed by atoms with Gasteiger partial charge in [0.25, 0.3) is 3.79 Å². The monoisotopic (exact) mass is 292 g/mol. The third-order valence-electron chi connectivity index (χ3n) is 2.10. The van der Waals surface area contributed by atoms with Crippen molar-refractivity contribution in [2.24, 2.45) is 0 Å². The zero-order valence-corrected chi connectivity index (χ0v) is 11.6. The van der Waals surface area contributed by atoms with Gasteiger partial charge in [-0.3, -0.25) is 4.79 Å². The maximum Gasteiger partial charge on any atom is 0.252 e. The molecule has 0 aliphatic heterocycles. The number of halogens is 3. The first-order chi connectivity index (χ1) is 7.84. The average molecular weight is 294 g/mol. The van der Waals surface area contributed by atoms with E-state index in [4.69, 9.17) is 39.5 Å². The quantitative estimate of drug-likeness (QED) is 0.479. The van der Waals surface area contributed by atoms with Gasteiger partial charge in [0.2, 0.25) is 5.78 Å². The van der Waals surface area contributed by atoms with E-state index in [9.17, 15) is 4.79 Å². The van der Waals surface area contributed by atoms with Crippen LogP contribution in [0.4, 0.5) is 0 Å². The van der Waals surface area contributed by atoms with Gasteiger partial charge in [-0.25, -0.2) is 0 Å². The second-order valence-corrected chi connectivity index (χ2v) is 5.72. The standard InChI is InChI=1S/C12H11Cl3O2/c1-8-3-5-9(6-4-8)10(17-2)7-11(16)12(13,14)15/h3-7H,1-2H3/b10-7-. The van der Waals surface area contributed by atoms with Crippen LogP contribution in [0.1, 0.15) is 11.1 Å². The Balaban J connectivity index is 3.04. The SMILES string of the molecule is CO/C(=C\C(=O)C(Cl)(Cl)Cl)c1ccc(C)cc1. The number of hydrogen-bond acceptors (Lipinski definition) is 2. The van der Waals surface area contributed by atoms with Crippen molar-refractivity contribution in [2.75, 3.05) is 7.11 Å². The van der Waals surface area contributed by atoms with Crippen LogP contribution < -0.4 is 0 Å². The summed E-state index contributed by atoms with van der Waals surface area (Å²) in [6, 6.07) is 7.47. The van der Waals surface area contributed by atoms with Gasteiger partial charge < -0.3 is 4.74 Å². The Kier molecular flexibility index (Phi) is 4.87. The number of ketones is 1. The molecule has 0 bridgehead atoms. The Morgan fingerprint density at radius 3 is 2.18 bits per heavy atom. The number of methoxy groups -OCH3 is 1. The molecule has 0 saturated heterocycles. The highest BCUT2D eigenvalue weighted by atomic mass is 35.6. The molecule has 2 nitrogen and oxygen atoms in total. The third-order valence-corrected chi connectivity index (χ3v) is 2.66. The molecule has 1 aromatic carbocycles. The molecule has 0 fully saturated rings. The summed E-state index contributed by atoms with van der Waals surface area (Å²) in [5.41, 5.74) is 1.86. The van der Waals surface area contributed by atoms with E-state index in [0.717, 1.165) is 11.1 Å². The number of benzene rings is 1. The molecule has 0 unspecified atom stereocenters. The fourth-order valence-corrected chi connectivity index (χ4v) is 1.34. The summed E-state index contributed by atoms with van der Waals surface area (Å²) in [5, 5.41) is 0. The molecular formula is C12H11Cl3O2. The fourth-order valence-electron chi connectivity index (χ4n) is 1.18. The Bertz CT molecular complexity index is 430. The number of ether oxygens (including phenoxy) is 1. The van der Waals surface area contributed by atoms with Gasteiger partial charge in [0.1, 0.15) is 5.76 Å². The topological polar surface area (TPSA) is 26.3 Å². The van der Waals surface area contributed by atoms with E-state index >= 15 is 0 Å². The van der Waals surface area contributed by atoms with Crippen molar-refractivity contribution in [3.63, 3.8) is 0 Å². The van der Waals surface area contributed by atoms with Gasteiger partial charge in [0.15, 0.2) is 0 Å². The second-order valence-electron chi connectivity index (χ2n) is 3.44. The lowest BCUT2D eigenvalue weighted by molar-refractivity contribution is -0.113. The van der Waals surface area contributed by atoms with Crippen molar-refractivity contribution in [3.8, 4) is 0 Å². The molecule has 1 aromatic rings. The molecule has 0 aliphatic rings. The molecule has 0 aliphatic carbocycles. The molecule has 17 heavy (non-hydrogen) atoms. The number of allylic oxidation sites excluding steroid dienone is 1. The summed E-state index contributed by atoms with van der Waals surface area (Å²) in [6.07, 6.45) is 1.18. The van der Waals surface area contributed by atoms with Crippen LogP contribution in [0.5, 0.6) is 0 Å². The highest BCUT2D eigenvalue weighted by Crippen LogP contribution is 2.29. The summed E-state index contributed by atoms with van der Waals surface area (Å²) in [6.45, 7) is 1.96. The minimum absolute atomic E-state index is 0.362. The first-order valence-electron chi connectivity index (χ1n) is 4.78. The number of carbonyl (C=O) groups excluding carboxylic acids is 1. The van der Waals surface area contributed by atoms with Crippen LogP contribution >= 0.6 is 34.8 Å². The Morgan fingerprint density at radius 1 is 1.24 bits per heavy atom. The molecule has 0 radical (unpaired) electrons. The van der Waals surface area contributed by atoms with E-state index < -0.39 is 9.58 Å². The van der Waals surface area contributed by atoms with Gasteiger partial charge in [-0.1, -0.05) is 64.6 Å². The molecule has 0 spiro atoms. The van der Waals surface area contributed by atoms with E-state index in [2.05, 4.69) is 0 Å². The van der Waals surface area contributed by atoms with Crippen molar-refractivity contribution in [1.29, 1.82) is 0 Å². The summed E-state index contributed by atoms with van der Waals surface area (Å²) in [7, 11) is 1.46. The van der Waals surface area contributed by atoms with E-state index in [1.807, 2.05) is 31.2 Å². The number of alkyl halides is 3. The number of rotatable bonds is 3. The van der Waals surface area contributed by atoms with Gasteiger partial charge in [-0.2, -0.15) is 0 Å². The van der Waals surface area contributed by atoms with Crippen molar-refractivity contribution < 1.29 is 9.53 Å². The third kappa shape index (κ3) is 4.23. The maximum absolute atomic E-state index is 11.5. The lowest BCUT2D eigenvalue weighted by Gasteiger charge is -2.09. The van der Waals surface area contributed by atoms with E-state index in [1.165, 1.54) is 13.2 Å². The van der Waals surface area contributed by atoms with Crippen molar-refractivity contribution in [2.45, 2.75) is 10.7 Å². The van der Waals surface area contributed by atoms with E-state index in [0.29, 0.717) is 5.76 Å². The smallest absolute Gasteiger partial charge is 0.252 e. The molecule has 0 N–H and O–H groups in total. The molecule has 0 atom stereocenters. The van der Waals surface area contributed by atoms with Crippen molar-refractivity contribution in [3.05, 3.63) is 41.5 Å². The molecule has 0 amide bonds.